The average Bonchev–Trinajstić information content (AvgIpc) is 2.10. The molecule has 1 nitrogen and oxygen atoms in total. The summed E-state index contributed by atoms with van der Waals surface area (Å²) in [5, 5.41) is 9.96. The smallest absolute Gasteiger partial charge is 0.0737 e. The Morgan fingerprint density at radius 3 is 2.42 bits per heavy atom. The first-order chi connectivity index (χ1) is 5.70. The van der Waals surface area contributed by atoms with Crippen LogP contribution in [0.4, 0.5) is 0 Å². The SMILES string of the molecule is CCCC1CCC(O)(CI)CC1. The third-order valence-electron chi connectivity index (χ3n) is 2.98. The number of alkyl halides is 1. The molecule has 1 N–H and O–H groups in total. The quantitative estimate of drug-likeness (QED) is 0.623. The minimum Gasteiger partial charge on any atom is -0.389 e. The Morgan fingerprint density at radius 1 is 1.42 bits per heavy atom. The van der Waals surface area contributed by atoms with Gasteiger partial charge in [-0.15, -0.1) is 0 Å². The van der Waals surface area contributed by atoms with E-state index in [9.17, 15) is 5.11 Å². The normalized spacial score (nSPS) is 36.8. The van der Waals surface area contributed by atoms with Crippen molar-refractivity contribution in [2.24, 2.45) is 5.92 Å². The first-order valence-corrected chi connectivity index (χ1v) is 6.51. The maximum atomic E-state index is 9.96. The van der Waals surface area contributed by atoms with Crippen molar-refractivity contribution in [3.8, 4) is 0 Å². The molecule has 2 heteroatoms. The van der Waals surface area contributed by atoms with Crippen LogP contribution in [-0.2, 0) is 0 Å². The van der Waals surface area contributed by atoms with Crippen LogP contribution in [0.15, 0.2) is 0 Å². The molecule has 1 rings (SSSR count). The molecule has 0 unspecified atom stereocenters. The van der Waals surface area contributed by atoms with Crippen molar-refractivity contribution in [3.05, 3.63) is 0 Å². The Kier molecular flexibility index (Phi) is 4.30. The number of halogens is 1. The van der Waals surface area contributed by atoms with Crippen LogP contribution in [0.25, 0.3) is 0 Å². The van der Waals surface area contributed by atoms with E-state index in [0.29, 0.717) is 0 Å². The minimum atomic E-state index is -0.315. The molecule has 1 aliphatic carbocycles. The van der Waals surface area contributed by atoms with Crippen molar-refractivity contribution >= 4 is 22.6 Å². The van der Waals surface area contributed by atoms with E-state index in [1.165, 1.54) is 25.7 Å². The second kappa shape index (κ2) is 4.80. The molecule has 0 aliphatic heterocycles. The molecule has 1 saturated carbocycles. The number of rotatable bonds is 3. The Labute approximate surface area is 89.1 Å². The lowest BCUT2D eigenvalue weighted by molar-refractivity contribution is 0.0140. The Hall–Kier alpha value is 0.690. The zero-order valence-electron chi connectivity index (χ0n) is 7.85. The third-order valence-corrected chi connectivity index (χ3v) is 4.40. The summed E-state index contributed by atoms with van der Waals surface area (Å²) in [6.07, 6.45) is 7.20. The third kappa shape index (κ3) is 2.87. The molecule has 0 aromatic heterocycles. The average molecular weight is 282 g/mol. The maximum absolute atomic E-state index is 9.96. The number of hydrogen-bond acceptors (Lipinski definition) is 1. The fraction of sp³-hybridized carbons (Fsp3) is 1.00. The summed E-state index contributed by atoms with van der Waals surface area (Å²) in [6.45, 7) is 2.25. The van der Waals surface area contributed by atoms with Gasteiger partial charge in [0.1, 0.15) is 0 Å². The van der Waals surface area contributed by atoms with Crippen molar-refractivity contribution in [1.29, 1.82) is 0 Å². The zero-order chi connectivity index (χ0) is 9.03. The first kappa shape index (κ1) is 10.8. The highest BCUT2D eigenvalue weighted by atomic mass is 127. The van der Waals surface area contributed by atoms with Crippen LogP contribution >= 0.6 is 22.6 Å². The molecule has 0 aromatic carbocycles. The molecular weight excluding hydrogens is 263 g/mol. The van der Waals surface area contributed by atoms with Gasteiger partial charge in [0.05, 0.1) is 5.60 Å². The van der Waals surface area contributed by atoms with Gasteiger partial charge in [0.15, 0.2) is 0 Å². The molecule has 0 spiro atoms. The summed E-state index contributed by atoms with van der Waals surface area (Å²) in [6, 6.07) is 0. The van der Waals surface area contributed by atoms with Crippen molar-refractivity contribution in [1.82, 2.24) is 0 Å². The molecule has 12 heavy (non-hydrogen) atoms. The van der Waals surface area contributed by atoms with Crippen LogP contribution in [0.5, 0.6) is 0 Å². The van der Waals surface area contributed by atoms with E-state index in [1.54, 1.807) is 0 Å². The summed E-state index contributed by atoms with van der Waals surface area (Å²) >= 11 is 2.30. The Bertz CT molecular complexity index is 128. The summed E-state index contributed by atoms with van der Waals surface area (Å²) < 4.78 is 0.906. The van der Waals surface area contributed by atoms with Gasteiger partial charge >= 0.3 is 0 Å². The standard InChI is InChI=1S/C10H19IO/c1-2-3-9-4-6-10(12,8-11)7-5-9/h9,12H,2-8H2,1H3. The second-order valence-corrected chi connectivity index (χ2v) is 4.85. The minimum absolute atomic E-state index is 0.315. The predicted octanol–water partition coefficient (Wildman–Crippen LogP) is 3.14. The van der Waals surface area contributed by atoms with Gasteiger partial charge in [-0.3, -0.25) is 0 Å². The highest BCUT2D eigenvalue weighted by Gasteiger charge is 2.31. The van der Waals surface area contributed by atoms with Crippen molar-refractivity contribution in [2.75, 3.05) is 4.43 Å². The van der Waals surface area contributed by atoms with E-state index >= 15 is 0 Å². The van der Waals surface area contributed by atoms with Crippen LogP contribution in [0, 0.1) is 5.92 Å². The Morgan fingerprint density at radius 2 is 2.00 bits per heavy atom. The van der Waals surface area contributed by atoms with Gasteiger partial charge in [-0.2, -0.15) is 0 Å². The van der Waals surface area contributed by atoms with Crippen molar-refractivity contribution in [2.45, 2.75) is 51.0 Å². The van der Waals surface area contributed by atoms with Gasteiger partial charge in [0.25, 0.3) is 0 Å². The molecule has 0 bridgehead atoms. The van der Waals surface area contributed by atoms with Crippen LogP contribution in [0.2, 0.25) is 0 Å². The zero-order valence-corrected chi connectivity index (χ0v) is 10.0. The fourth-order valence-corrected chi connectivity index (χ4v) is 2.81. The van der Waals surface area contributed by atoms with Gasteiger partial charge in [-0.1, -0.05) is 42.4 Å². The highest BCUT2D eigenvalue weighted by molar-refractivity contribution is 14.1. The van der Waals surface area contributed by atoms with Gasteiger partial charge < -0.3 is 5.11 Å². The summed E-state index contributed by atoms with van der Waals surface area (Å²) in [7, 11) is 0. The monoisotopic (exact) mass is 282 g/mol. The van der Waals surface area contributed by atoms with E-state index in [0.717, 1.165) is 23.2 Å². The first-order valence-electron chi connectivity index (χ1n) is 4.98. The topological polar surface area (TPSA) is 20.2 Å². The van der Waals surface area contributed by atoms with Crippen LogP contribution in [-0.4, -0.2) is 15.1 Å². The van der Waals surface area contributed by atoms with Gasteiger partial charge in [0.2, 0.25) is 0 Å². The van der Waals surface area contributed by atoms with E-state index < -0.39 is 0 Å². The van der Waals surface area contributed by atoms with E-state index in [2.05, 4.69) is 29.5 Å². The van der Waals surface area contributed by atoms with Gasteiger partial charge in [0, 0.05) is 4.43 Å². The van der Waals surface area contributed by atoms with E-state index in [1.807, 2.05) is 0 Å². The van der Waals surface area contributed by atoms with E-state index in [4.69, 9.17) is 0 Å². The molecule has 0 heterocycles. The molecular formula is C10H19IO. The molecule has 1 fully saturated rings. The lowest BCUT2D eigenvalue weighted by Crippen LogP contribution is -2.35. The predicted molar refractivity (Wildman–Crippen MR) is 60.7 cm³/mol. The lowest BCUT2D eigenvalue weighted by atomic mass is 9.78. The van der Waals surface area contributed by atoms with Crippen molar-refractivity contribution in [3.63, 3.8) is 0 Å². The molecule has 1 aliphatic rings. The second-order valence-electron chi connectivity index (χ2n) is 4.09. The highest BCUT2D eigenvalue weighted by Crippen LogP contribution is 2.35. The van der Waals surface area contributed by atoms with Gasteiger partial charge in [-0.25, -0.2) is 0 Å². The fourth-order valence-electron chi connectivity index (χ4n) is 2.05. The molecule has 0 amide bonds. The largest absolute Gasteiger partial charge is 0.389 e. The number of aliphatic hydroxyl groups is 1. The van der Waals surface area contributed by atoms with Crippen LogP contribution < -0.4 is 0 Å². The van der Waals surface area contributed by atoms with E-state index in [-0.39, 0.29) is 5.60 Å². The number of hydrogen-bond donors (Lipinski definition) is 1. The Balaban J connectivity index is 2.29. The molecule has 72 valence electrons. The maximum Gasteiger partial charge on any atom is 0.0737 e. The van der Waals surface area contributed by atoms with Crippen LogP contribution in [0.1, 0.15) is 45.4 Å². The van der Waals surface area contributed by atoms with Crippen molar-refractivity contribution < 1.29 is 5.11 Å². The molecule has 0 radical (unpaired) electrons. The summed E-state index contributed by atoms with van der Waals surface area (Å²) in [5.74, 6) is 0.901. The lowest BCUT2D eigenvalue weighted by Gasteiger charge is -2.34. The van der Waals surface area contributed by atoms with Gasteiger partial charge in [-0.05, 0) is 31.6 Å². The molecule has 0 atom stereocenters. The molecule has 0 saturated heterocycles. The molecule has 0 aromatic rings. The summed E-state index contributed by atoms with van der Waals surface area (Å²) in [5.41, 5.74) is -0.315. The van der Waals surface area contributed by atoms with Crippen LogP contribution in [0.3, 0.4) is 0 Å². The summed E-state index contributed by atoms with van der Waals surface area (Å²) in [4.78, 5) is 0.